The maximum Gasteiger partial charge on any atom is 0.413 e. The van der Waals surface area contributed by atoms with Gasteiger partial charge in [0.25, 0.3) is 11.8 Å². The molecule has 1 saturated heterocycles. The summed E-state index contributed by atoms with van der Waals surface area (Å²) < 4.78 is 42.2. The van der Waals surface area contributed by atoms with Crippen LogP contribution in [0.1, 0.15) is 48.7 Å². The number of β-lactam (4-membered cyclic amide) rings is 1. The molecule has 7 rings (SSSR count). The molecule has 21 heteroatoms. The van der Waals surface area contributed by atoms with Crippen molar-refractivity contribution in [2.75, 3.05) is 29.8 Å². The molecule has 0 radical (unpaired) electrons. The number of esters is 1. The summed E-state index contributed by atoms with van der Waals surface area (Å²) in [4.78, 5) is 70.4. The number of amides is 3. The lowest BCUT2D eigenvalue weighted by molar-refractivity contribution is -0.153. The minimum atomic E-state index is -4.08. The van der Waals surface area contributed by atoms with Gasteiger partial charge < -0.3 is 24.4 Å². The van der Waals surface area contributed by atoms with Crippen LogP contribution >= 0.6 is 23.1 Å². The van der Waals surface area contributed by atoms with Crippen molar-refractivity contribution in [3.05, 3.63) is 170 Å². The number of hydrogen-bond acceptors (Lipinski definition) is 15. The first kappa shape index (κ1) is 47.8. The van der Waals surface area contributed by atoms with Gasteiger partial charge in [0, 0.05) is 32.7 Å². The van der Waals surface area contributed by atoms with Crippen LogP contribution in [-0.4, -0.2) is 89.4 Å². The molecule has 0 aliphatic carbocycles. The molecule has 2 atom stereocenters. The van der Waals surface area contributed by atoms with Gasteiger partial charge in [0.05, 0.1) is 12.9 Å². The third kappa shape index (κ3) is 11.1. The molecule has 1 unspecified atom stereocenters. The molecule has 5 aromatic rings. The Morgan fingerprint density at radius 2 is 1.51 bits per heavy atom. The average Bonchev–Trinajstić information content (AvgIpc) is 3.78. The predicted octanol–water partition coefficient (Wildman–Crippen LogP) is 7.29. The Hall–Kier alpha value is -7.19. The van der Waals surface area contributed by atoms with Crippen LogP contribution in [0.3, 0.4) is 0 Å². The van der Waals surface area contributed by atoms with Crippen molar-refractivity contribution in [3.63, 3.8) is 0 Å². The van der Waals surface area contributed by atoms with Gasteiger partial charge in [0.1, 0.15) is 46.6 Å². The van der Waals surface area contributed by atoms with Crippen LogP contribution in [0.4, 0.5) is 9.93 Å². The summed E-state index contributed by atoms with van der Waals surface area (Å²) in [7, 11) is -2.57. The molecule has 3 heterocycles. The Morgan fingerprint density at radius 3 is 2.06 bits per heavy atom. The molecule has 4 aromatic carbocycles. The number of aromatic nitrogens is 1. The predicted molar refractivity (Wildman–Crippen MR) is 251 cm³/mol. The monoisotopic (exact) mass is 964 g/mol. The molecule has 2 aliphatic rings. The lowest BCUT2D eigenvalue weighted by Crippen LogP contribution is -2.71. The van der Waals surface area contributed by atoms with E-state index in [9.17, 15) is 27.6 Å². The molecule has 2 N–H and O–H groups in total. The normalized spacial score (nSPS) is 16.1. The maximum absolute atomic E-state index is 14.7. The van der Waals surface area contributed by atoms with Crippen molar-refractivity contribution >= 4 is 67.7 Å². The summed E-state index contributed by atoms with van der Waals surface area (Å²) in [5.41, 5.74) is 8.49. The Kier molecular flexibility index (Phi) is 14.6. The lowest BCUT2D eigenvalue weighted by Gasteiger charge is -2.49. The van der Waals surface area contributed by atoms with Gasteiger partial charge in [-0.05, 0) is 49.6 Å². The van der Waals surface area contributed by atoms with Crippen LogP contribution in [-0.2, 0) is 50.7 Å². The van der Waals surface area contributed by atoms with E-state index in [2.05, 4.69) is 30.8 Å². The summed E-state index contributed by atoms with van der Waals surface area (Å²) in [5.74, 6) is -3.69. The topological polar surface area (TPSA) is 241 Å². The summed E-state index contributed by atoms with van der Waals surface area (Å²) in [5, 5.41) is 13.7. The van der Waals surface area contributed by atoms with E-state index < -0.39 is 68.0 Å². The smallest absolute Gasteiger partial charge is 0.413 e. The molecule has 2 aliphatic heterocycles. The fourth-order valence-corrected chi connectivity index (χ4v) is 10.4. The van der Waals surface area contributed by atoms with Crippen LogP contribution in [0.25, 0.3) is 10.4 Å². The number of fused-ring (bicyclic) bond motifs is 1. The first-order valence-corrected chi connectivity index (χ1v) is 24.2. The van der Waals surface area contributed by atoms with Crippen molar-refractivity contribution in [1.29, 1.82) is 0 Å². The standard InChI is InChI=1S/C46H44N8O10S3/c1-45(2,3)63-44(58)51-43-49-35(26-66-43)36(52-64-46(31-14-8-5-9-15-31,32-16-10-6-11-17-32)33-18-12-7-13-19-33)39(55)50-37-40(56)54-38(42(57)62-24-29-20-22-34(61-4)23-21-29)30(25-65-41(37)54)27-67(59,60)28-48-53-47/h5-23,26,37,41H,24-25,27-28H2,1-4H3,(H,50,55)(H,49,51,58)/b52-36-/t37?,41-/m1/s1. The van der Waals surface area contributed by atoms with E-state index in [-0.39, 0.29) is 40.2 Å². The number of ether oxygens (including phenoxy) is 3. The van der Waals surface area contributed by atoms with Crippen molar-refractivity contribution in [2.24, 2.45) is 10.3 Å². The lowest BCUT2D eigenvalue weighted by atomic mass is 9.80. The Bertz CT molecular complexity index is 2750. The number of hydrogen-bond donors (Lipinski definition) is 2. The fourth-order valence-electron chi connectivity index (χ4n) is 7.18. The quantitative estimate of drug-likeness (QED) is 0.0136. The zero-order valence-electron chi connectivity index (χ0n) is 36.5. The largest absolute Gasteiger partial charge is 0.497 e. The second-order valence-corrected chi connectivity index (χ2v) is 20.0. The highest BCUT2D eigenvalue weighted by Gasteiger charge is 2.55. The van der Waals surface area contributed by atoms with E-state index in [1.54, 1.807) is 45.0 Å². The number of nitrogens with zero attached hydrogens (tertiary/aromatic N) is 6. The van der Waals surface area contributed by atoms with Crippen molar-refractivity contribution < 1.29 is 46.6 Å². The minimum Gasteiger partial charge on any atom is -0.497 e. The van der Waals surface area contributed by atoms with Crippen LogP contribution in [0.2, 0.25) is 0 Å². The van der Waals surface area contributed by atoms with Crippen LogP contribution in [0.5, 0.6) is 5.75 Å². The van der Waals surface area contributed by atoms with E-state index in [0.29, 0.717) is 28.0 Å². The van der Waals surface area contributed by atoms with Gasteiger partial charge >= 0.3 is 12.1 Å². The number of azide groups is 1. The third-order valence-corrected chi connectivity index (χ3v) is 13.5. The maximum atomic E-state index is 14.7. The van der Waals surface area contributed by atoms with Crippen molar-refractivity contribution in [1.82, 2.24) is 15.2 Å². The summed E-state index contributed by atoms with van der Waals surface area (Å²) in [6.45, 7) is 4.89. The van der Waals surface area contributed by atoms with E-state index in [0.717, 1.165) is 28.0 Å². The van der Waals surface area contributed by atoms with E-state index >= 15 is 0 Å². The number of carbonyl (C=O) groups excluding carboxylic acids is 4. The molecule has 0 spiro atoms. The Morgan fingerprint density at radius 1 is 0.910 bits per heavy atom. The van der Waals surface area contributed by atoms with E-state index in [1.165, 1.54) is 12.5 Å². The average molecular weight is 965 g/mol. The van der Waals surface area contributed by atoms with Crippen LogP contribution in [0, 0.1) is 0 Å². The first-order valence-electron chi connectivity index (χ1n) is 20.5. The Labute approximate surface area is 393 Å². The number of anilines is 1. The molecule has 18 nitrogen and oxygen atoms in total. The second-order valence-electron chi connectivity index (χ2n) is 16.0. The molecular formula is C46H44N8O10S3. The SMILES string of the molecule is COc1ccc(COC(=O)C2=C(CS(=O)(=O)CN=[N+]=[N-])CS[C@@H]3C(NC(=O)/C(=N\OC(c4ccccc4)(c4ccccc4)c4ccccc4)c4csc(NC(=O)OC(C)(C)C)n4)C(=O)N23)cc1. The van der Waals surface area contributed by atoms with Gasteiger partial charge in [-0.1, -0.05) is 113 Å². The fraction of sp³-hybridized carbons (Fsp3) is 0.261. The van der Waals surface area contributed by atoms with Crippen molar-refractivity contribution in [3.8, 4) is 5.75 Å². The number of rotatable bonds is 17. The number of benzene rings is 4. The number of oxime groups is 1. The van der Waals surface area contributed by atoms with Gasteiger partial charge in [-0.15, -0.1) is 23.1 Å². The first-order chi connectivity index (χ1) is 32.1. The number of thioether (sulfide) groups is 1. The zero-order chi connectivity index (χ0) is 47.8. The molecule has 3 amide bonds. The number of thiazole rings is 1. The minimum absolute atomic E-state index is 0.0215. The summed E-state index contributed by atoms with van der Waals surface area (Å²) in [6, 6.07) is 33.3. The van der Waals surface area contributed by atoms with Crippen molar-refractivity contribution in [2.45, 2.75) is 50.0 Å². The van der Waals surface area contributed by atoms with Gasteiger partial charge in [-0.3, -0.25) is 19.8 Å². The molecule has 1 aromatic heterocycles. The molecular weight excluding hydrogens is 921 g/mol. The molecule has 346 valence electrons. The van der Waals surface area contributed by atoms with E-state index in [1.807, 2.05) is 91.0 Å². The van der Waals surface area contributed by atoms with Gasteiger partial charge in [0.15, 0.2) is 20.7 Å². The number of nitrogens with one attached hydrogen (secondary N) is 2. The molecule has 67 heavy (non-hydrogen) atoms. The van der Waals surface area contributed by atoms with Gasteiger partial charge in [-0.2, -0.15) is 0 Å². The third-order valence-electron chi connectivity index (χ3n) is 10.2. The highest BCUT2D eigenvalue weighted by atomic mass is 32.2. The summed E-state index contributed by atoms with van der Waals surface area (Å²) >= 11 is 2.10. The number of sulfone groups is 1. The zero-order valence-corrected chi connectivity index (χ0v) is 39.0. The number of carbonyl (C=O) groups is 4. The van der Waals surface area contributed by atoms with Gasteiger partial charge in [-0.25, -0.2) is 23.0 Å². The number of methoxy groups -OCH3 is 1. The summed E-state index contributed by atoms with van der Waals surface area (Å²) in [6.07, 6.45) is -0.783. The highest BCUT2D eigenvalue weighted by Crippen LogP contribution is 2.43. The molecule has 1 fully saturated rings. The molecule has 0 saturated carbocycles. The van der Waals surface area contributed by atoms with Gasteiger partial charge in [0.2, 0.25) is 5.60 Å². The van der Waals surface area contributed by atoms with E-state index in [4.69, 9.17) is 24.6 Å². The Balaban J connectivity index is 1.24. The highest BCUT2D eigenvalue weighted by molar-refractivity contribution is 8.00. The van der Waals surface area contributed by atoms with Crippen LogP contribution in [0.15, 0.2) is 142 Å². The second kappa shape index (κ2) is 20.5. The van der Waals surface area contributed by atoms with Crippen LogP contribution < -0.4 is 15.4 Å². The molecule has 0 bridgehead atoms.